The Morgan fingerprint density at radius 1 is 0.215 bits per heavy atom. The highest BCUT2D eigenvalue weighted by Crippen LogP contribution is 2.18. The van der Waals surface area contributed by atoms with Crippen LogP contribution in [0, 0.1) is 0 Å². The van der Waals surface area contributed by atoms with E-state index in [1.807, 2.05) is 34.6 Å². The van der Waals surface area contributed by atoms with Gasteiger partial charge >= 0.3 is 29.8 Å². The third-order valence-corrected chi connectivity index (χ3v) is 21.0. The van der Waals surface area contributed by atoms with Crippen LogP contribution in [0.3, 0.4) is 0 Å². The molecule has 0 amide bonds. The first-order chi connectivity index (χ1) is 58.3. The van der Waals surface area contributed by atoms with Crippen molar-refractivity contribution in [2.45, 2.75) is 516 Å². The second-order valence-corrected chi connectivity index (χ2v) is 32.8. The minimum atomic E-state index is -0.659. The Morgan fingerprint density at radius 3 is 0.529 bits per heavy atom. The molecule has 0 aliphatic heterocycles. The number of hydrogen-bond acceptors (Lipinski definition) is 20. The van der Waals surface area contributed by atoms with Crippen molar-refractivity contribution in [3.8, 4) is 0 Å². The maximum Gasteiger partial charge on any atom is 0.305 e. The Hall–Kier alpha value is -4.09. The molecule has 0 aromatic rings. The van der Waals surface area contributed by atoms with Crippen LogP contribution in [-0.2, 0) is 47.7 Å². The van der Waals surface area contributed by atoms with Gasteiger partial charge in [0, 0.05) is 51.9 Å². The monoisotopic (exact) mass is 1730 g/mol. The van der Waals surface area contributed by atoms with Crippen LogP contribution in [0.1, 0.15) is 473 Å². The summed E-state index contributed by atoms with van der Waals surface area (Å²) in [6.07, 6.45) is 80.8. The van der Waals surface area contributed by atoms with Gasteiger partial charge in [-0.2, -0.15) is 0 Å². The van der Waals surface area contributed by atoms with Crippen LogP contribution in [0.15, 0.2) is 48.6 Å². The van der Waals surface area contributed by atoms with E-state index in [0.717, 1.165) is 161 Å². The highest BCUT2D eigenvalue weighted by molar-refractivity contribution is 5.70. The van der Waals surface area contributed by atoms with E-state index < -0.39 is 42.7 Å². The van der Waals surface area contributed by atoms with Gasteiger partial charge in [0.15, 0.2) is 0 Å². The van der Waals surface area contributed by atoms with Crippen molar-refractivity contribution in [1.29, 1.82) is 0 Å². The number of unbranched alkanes of at least 4 members (excludes halogenated alkanes) is 43. The first-order valence-electron chi connectivity index (χ1n) is 49.3. The van der Waals surface area contributed by atoms with Crippen molar-refractivity contribution in [3.63, 3.8) is 0 Å². The normalized spacial score (nSPS) is 13.0. The van der Waals surface area contributed by atoms with Crippen LogP contribution in [0.4, 0.5) is 0 Å². The maximum absolute atomic E-state index is 11.5. The van der Waals surface area contributed by atoms with Gasteiger partial charge in [-0.1, -0.05) is 291 Å². The van der Waals surface area contributed by atoms with E-state index in [4.69, 9.17) is 39.0 Å². The van der Waals surface area contributed by atoms with E-state index in [1.165, 1.54) is 180 Å². The first-order valence-corrected chi connectivity index (χ1v) is 49.3. The molecule has 0 aliphatic rings. The summed E-state index contributed by atoms with van der Waals surface area (Å²) in [6.45, 7) is 15.3. The number of carbonyl (C=O) groups is 5. The molecule has 0 bridgehead atoms. The predicted molar refractivity (Wildman–Crippen MR) is 501 cm³/mol. The summed E-state index contributed by atoms with van der Waals surface area (Å²) in [5, 5.41) is 92.5. The van der Waals surface area contributed by atoms with Crippen molar-refractivity contribution in [1.82, 2.24) is 0 Å². The fraction of sp³-hybridized carbons (Fsp3) is 0.871. The molecule has 0 aliphatic carbocycles. The Labute approximate surface area is 742 Å². The summed E-state index contributed by atoms with van der Waals surface area (Å²) in [6, 6.07) is 0. The van der Waals surface area contributed by atoms with Gasteiger partial charge < -0.3 is 74.7 Å². The van der Waals surface area contributed by atoms with E-state index in [9.17, 15) is 59.7 Å². The summed E-state index contributed by atoms with van der Waals surface area (Å²) >= 11 is 0. The topological polar surface area (TPSA) is 334 Å². The lowest BCUT2D eigenvalue weighted by molar-refractivity contribution is -0.147. The molecule has 0 heterocycles. The summed E-state index contributed by atoms with van der Waals surface area (Å²) in [5.74, 6) is -0.990. The number of ether oxygens (including phenoxy) is 5. The van der Waals surface area contributed by atoms with E-state index >= 15 is 0 Å². The molecule has 121 heavy (non-hydrogen) atoms. The molecule has 20 nitrogen and oxygen atoms in total. The maximum atomic E-state index is 11.5. The van der Waals surface area contributed by atoms with E-state index in [0.29, 0.717) is 90.3 Å². The molecule has 0 saturated heterocycles. The third-order valence-electron chi connectivity index (χ3n) is 21.0. The van der Waals surface area contributed by atoms with Crippen LogP contribution in [0.2, 0.25) is 0 Å². The molecule has 10 N–H and O–H groups in total. The second kappa shape index (κ2) is 110. The zero-order valence-corrected chi connectivity index (χ0v) is 78.3. The van der Waals surface area contributed by atoms with Crippen molar-refractivity contribution >= 4 is 29.8 Å². The van der Waals surface area contributed by atoms with Crippen molar-refractivity contribution in [2.24, 2.45) is 0 Å². The van der Waals surface area contributed by atoms with Gasteiger partial charge in [-0.15, -0.1) is 0 Å². The quantitative estimate of drug-likeness (QED) is 0.0117. The molecule has 0 spiro atoms. The van der Waals surface area contributed by atoms with Crippen LogP contribution in [-0.4, -0.2) is 176 Å². The number of allylic oxidation sites excluding steroid dienone is 8. The summed E-state index contributed by atoms with van der Waals surface area (Å²) < 4.78 is 25.0. The summed E-state index contributed by atoms with van der Waals surface area (Å²) in [7, 11) is 0. The molecule has 0 fully saturated rings. The molecule has 7 unspecified atom stereocenters. The summed E-state index contributed by atoms with van der Waals surface area (Å²) in [4.78, 5) is 57.2. The lowest BCUT2D eigenvalue weighted by atomic mass is 10.00. The first kappa shape index (κ1) is 128. The van der Waals surface area contributed by atoms with Gasteiger partial charge in [-0.3, -0.25) is 24.0 Å². The number of rotatable bonds is 84. The van der Waals surface area contributed by atoms with Gasteiger partial charge in [0.2, 0.25) is 0 Å². The lowest BCUT2D eigenvalue weighted by Crippen LogP contribution is -2.25. The minimum absolute atomic E-state index is 0. The van der Waals surface area contributed by atoms with Gasteiger partial charge in [0.25, 0.3) is 0 Å². The SMILES string of the molecule is C.CCC(O)COC(=O)CCCCCCC/C=C/CCCCCCO.CCC(O)COC(=O)CCCCCCC/C=C\CCCCCCO.CCC(O)COC(=O)CCCCCCCC(O)C(O)CCCCCCO.CCCCCC/C=C/CCCCCCCC(=O)OCC(O)CC.CCCCCC/C=C\CCCCCCCC(=O)OCC(O)CC. The van der Waals surface area contributed by atoms with Crippen molar-refractivity contribution in [2.75, 3.05) is 52.9 Å². The van der Waals surface area contributed by atoms with Gasteiger partial charge in [0.05, 0.1) is 42.7 Å². The molecule has 720 valence electrons. The zero-order valence-electron chi connectivity index (χ0n) is 78.3. The predicted octanol–water partition coefficient (Wildman–Crippen LogP) is 23.5. The van der Waals surface area contributed by atoms with E-state index in [-0.39, 0.29) is 76.9 Å². The minimum Gasteiger partial charge on any atom is -0.463 e. The standard InChI is InChI=1S/C20H40O6.2C20H38O4.2C20H38O3.CH4/c1-2-17(22)16-26-20(25)14-10-5-3-4-8-12-18(23)19(24)13-9-6-7-11-15-21;2*1-2-19(22)18-24-20(23)16-14-12-10-8-6-4-3-5-7-9-11-13-15-17-21;2*1-3-5-6-7-8-9-10-11-12-13-14-15-16-17-20(22)23-18-19(21)4-2;/h17-19,21-24H,2-16H2,1H3;2*3,5,19,21-22H,2,4,6-18H2,1H3;2*9-10,19,21H,3-8,11-18H2,1-2H3;1H4/b;5-3+;5-3-;10-9+;10-9-;. The molecule has 0 aromatic carbocycles. The average Bonchev–Trinajstić information content (AvgIpc) is 0.966. The van der Waals surface area contributed by atoms with Crippen molar-refractivity contribution < 1.29 is 98.7 Å². The molecule has 0 aromatic heterocycles. The fourth-order valence-electron chi connectivity index (χ4n) is 12.3. The van der Waals surface area contributed by atoms with Crippen LogP contribution in [0.25, 0.3) is 0 Å². The highest BCUT2D eigenvalue weighted by Gasteiger charge is 2.16. The molecule has 0 rings (SSSR count). The Kier molecular flexibility index (Phi) is 116. The fourth-order valence-corrected chi connectivity index (χ4v) is 12.3. The molecule has 0 radical (unpaired) electrons. The lowest BCUT2D eigenvalue weighted by Gasteiger charge is -2.17. The number of aliphatic hydroxyl groups is 10. The van der Waals surface area contributed by atoms with E-state index in [1.54, 1.807) is 0 Å². The number of carbonyl (C=O) groups excluding carboxylic acids is 5. The largest absolute Gasteiger partial charge is 0.463 e. The van der Waals surface area contributed by atoms with Crippen LogP contribution < -0.4 is 0 Å². The van der Waals surface area contributed by atoms with E-state index in [2.05, 4.69) is 62.5 Å². The van der Waals surface area contributed by atoms with Crippen LogP contribution >= 0.6 is 0 Å². The number of esters is 5. The average molecular weight is 1730 g/mol. The second-order valence-electron chi connectivity index (χ2n) is 32.8. The molecule has 7 atom stereocenters. The molecule has 20 heteroatoms. The molecular formula is C101H196O20. The van der Waals surface area contributed by atoms with Crippen LogP contribution in [0.5, 0.6) is 0 Å². The Bertz CT molecular complexity index is 2080. The molecule has 0 saturated carbocycles. The number of hydrogen-bond donors (Lipinski definition) is 10. The smallest absolute Gasteiger partial charge is 0.305 e. The van der Waals surface area contributed by atoms with Gasteiger partial charge in [-0.05, 0) is 199 Å². The molecular weight excluding hydrogens is 1530 g/mol. The summed E-state index contributed by atoms with van der Waals surface area (Å²) in [5.41, 5.74) is 0. The Morgan fingerprint density at radius 2 is 0.364 bits per heavy atom. The third kappa shape index (κ3) is 116. The Balaban J connectivity index is -0.000000341. The van der Waals surface area contributed by atoms with Gasteiger partial charge in [-0.25, -0.2) is 0 Å². The van der Waals surface area contributed by atoms with Crippen molar-refractivity contribution in [3.05, 3.63) is 48.6 Å². The van der Waals surface area contributed by atoms with Gasteiger partial charge in [0.1, 0.15) is 33.0 Å². The number of aliphatic hydroxyl groups excluding tert-OH is 10. The highest BCUT2D eigenvalue weighted by atomic mass is 16.6. The zero-order chi connectivity index (χ0) is 89.7.